The monoisotopic (exact) mass is 373 g/mol. The van der Waals surface area contributed by atoms with Crippen LogP contribution in [-0.4, -0.2) is 41.6 Å². The molecule has 5 nitrogen and oxygen atoms in total. The molecule has 0 bridgehead atoms. The van der Waals surface area contributed by atoms with Crippen LogP contribution >= 0.6 is 23.2 Å². The Balaban J connectivity index is 1.76. The highest BCUT2D eigenvalue weighted by atomic mass is 35.5. The zero-order chi connectivity index (χ0) is 17.5. The van der Waals surface area contributed by atoms with Gasteiger partial charge in [-0.1, -0.05) is 23.2 Å². The number of halogens is 2. The SMILES string of the molecule is O=C(O)CCC1CCCN(C(=O)CCOc2ccc(Cl)cc2Cl)C1. The van der Waals surface area contributed by atoms with Crippen molar-refractivity contribution in [3.63, 3.8) is 0 Å². The van der Waals surface area contributed by atoms with Gasteiger partial charge in [-0.05, 0) is 43.4 Å². The maximum absolute atomic E-state index is 12.3. The molecule has 0 radical (unpaired) electrons. The van der Waals surface area contributed by atoms with E-state index in [1.54, 1.807) is 18.2 Å². The Labute approximate surface area is 151 Å². The third-order valence-electron chi connectivity index (χ3n) is 4.11. The summed E-state index contributed by atoms with van der Waals surface area (Å²) in [7, 11) is 0. The Hall–Kier alpha value is -1.46. The molecule has 0 spiro atoms. The Morgan fingerprint density at radius 2 is 2.08 bits per heavy atom. The summed E-state index contributed by atoms with van der Waals surface area (Å²) in [6.45, 7) is 1.61. The van der Waals surface area contributed by atoms with Crippen molar-refractivity contribution in [3.8, 4) is 5.75 Å². The molecule has 2 rings (SSSR count). The van der Waals surface area contributed by atoms with Crippen molar-refractivity contribution in [3.05, 3.63) is 28.2 Å². The number of aliphatic carboxylic acids is 1. The van der Waals surface area contributed by atoms with Crippen molar-refractivity contribution in [2.75, 3.05) is 19.7 Å². The number of hydrogen-bond donors (Lipinski definition) is 1. The average Bonchev–Trinajstić information content (AvgIpc) is 2.55. The zero-order valence-electron chi connectivity index (χ0n) is 13.3. The van der Waals surface area contributed by atoms with E-state index in [0.717, 1.165) is 19.4 Å². The van der Waals surface area contributed by atoms with Crippen molar-refractivity contribution in [2.45, 2.75) is 32.1 Å². The number of amides is 1. The first-order valence-electron chi connectivity index (χ1n) is 8.03. The lowest BCUT2D eigenvalue weighted by molar-refractivity contribution is -0.137. The van der Waals surface area contributed by atoms with Gasteiger partial charge in [0.15, 0.2) is 0 Å². The van der Waals surface area contributed by atoms with E-state index < -0.39 is 5.97 Å². The van der Waals surface area contributed by atoms with Gasteiger partial charge >= 0.3 is 5.97 Å². The second-order valence-corrected chi connectivity index (χ2v) is 6.80. The fourth-order valence-corrected chi connectivity index (χ4v) is 3.32. The number of carboxylic acid groups (broad SMARTS) is 1. The molecule has 132 valence electrons. The van der Waals surface area contributed by atoms with Crippen LogP contribution in [-0.2, 0) is 9.59 Å². The van der Waals surface area contributed by atoms with E-state index in [0.29, 0.717) is 28.8 Å². The number of benzene rings is 1. The fourth-order valence-electron chi connectivity index (χ4n) is 2.85. The summed E-state index contributed by atoms with van der Waals surface area (Å²) in [5.41, 5.74) is 0. The molecular formula is C17H21Cl2NO4. The standard InChI is InChI=1S/C17H21Cl2NO4/c18-13-4-5-15(14(19)10-13)24-9-7-16(21)20-8-1-2-12(11-20)3-6-17(22)23/h4-5,10,12H,1-3,6-9,11H2,(H,22,23). The fraction of sp³-hybridized carbons (Fsp3) is 0.529. The highest BCUT2D eigenvalue weighted by Crippen LogP contribution is 2.27. The molecule has 1 atom stereocenters. The highest BCUT2D eigenvalue weighted by Gasteiger charge is 2.23. The summed E-state index contributed by atoms with van der Waals surface area (Å²) in [4.78, 5) is 24.8. The smallest absolute Gasteiger partial charge is 0.303 e. The first-order chi connectivity index (χ1) is 11.5. The minimum absolute atomic E-state index is 0.0279. The third kappa shape index (κ3) is 5.87. The number of nitrogens with zero attached hydrogens (tertiary/aromatic N) is 1. The minimum Gasteiger partial charge on any atom is -0.491 e. The molecule has 0 saturated carbocycles. The van der Waals surface area contributed by atoms with Gasteiger partial charge in [0.2, 0.25) is 5.91 Å². The molecule has 1 aromatic rings. The number of carbonyl (C=O) groups excluding carboxylic acids is 1. The molecule has 1 aliphatic rings. The average molecular weight is 374 g/mol. The minimum atomic E-state index is -0.785. The second kappa shape index (κ2) is 9.14. The molecule has 0 aliphatic carbocycles. The van der Waals surface area contributed by atoms with E-state index >= 15 is 0 Å². The van der Waals surface area contributed by atoms with Crippen molar-refractivity contribution >= 4 is 35.1 Å². The van der Waals surface area contributed by atoms with Gasteiger partial charge in [0.1, 0.15) is 5.75 Å². The predicted molar refractivity (Wildman–Crippen MR) is 92.7 cm³/mol. The van der Waals surface area contributed by atoms with Crippen LogP contribution < -0.4 is 4.74 Å². The lowest BCUT2D eigenvalue weighted by Crippen LogP contribution is -2.40. The summed E-state index contributed by atoms with van der Waals surface area (Å²) < 4.78 is 5.54. The first-order valence-corrected chi connectivity index (χ1v) is 8.78. The number of likely N-dealkylation sites (tertiary alicyclic amines) is 1. The van der Waals surface area contributed by atoms with E-state index in [9.17, 15) is 9.59 Å². The number of ether oxygens (including phenoxy) is 1. The summed E-state index contributed by atoms with van der Waals surface area (Å²) in [5.74, 6) is 0.0177. The van der Waals surface area contributed by atoms with Gasteiger partial charge in [-0.2, -0.15) is 0 Å². The zero-order valence-corrected chi connectivity index (χ0v) is 14.9. The Kier molecular flexibility index (Phi) is 7.18. The lowest BCUT2D eigenvalue weighted by atomic mass is 9.93. The summed E-state index contributed by atoms with van der Waals surface area (Å²) in [5, 5.41) is 9.72. The number of carboxylic acids is 1. The molecule has 1 amide bonds. The molecule has 1 aromatic carbocycles. The molecule has 1 aliphatic heterocycles. The number of piperidine rings is 1. The van der Waals surface area contributed by atoms with Gasteiger partial charge in [-0.25, -0.2) is 0 Å². The summed E-state index contributed by atoms with van der Waals surface area (Å²) >= 11 is 11.8. The largest absolute Gasteiger partial charge is 0.491 e. The molecule has 7 heteroatoms. The molecule has 0 aromatic heterocycles. The van der Waals surface area contributed by atoms with Gasteiger partial charge in [0.25, 0.3) is 0 Å². The topological polar surface area (TPSA) is 66.8 Å². The van der Waals surface area contributed by atoms with E-state index in [-0.39, 0.29) is 31.3 Å². The molecule has 1 heterocycles. The van der Waals surface area contributed by atoms with E-state index in [1.165, 1.54) is 0 Å². The maximum atomic E-state index is 12.3. The van der Waals surface area contributed by atoms with Crippen LogP contribution in [0.5, 0.6) is 5.75 Å². The van der Waals surface area contributed by atoms with Crippen molar-refractivity contribution < 1.29 is 19.4 Å². The van der Waals surface area contributed by atoms with Gasteiger partial charge in [0, 0.05) is 24.5 Å². The normalized spacial score (nSPS) is 17.6. The van der Waals surface area contributed by atoms with Crippen LogP contribution in [0.3, 0.4) is 0 Å². The van der Waals surface area contributed by atoms with Crippen LogP contribution in [0.15, 0.2) is 18.2 Å². The van der Waals surface area contributed by atoms with Crippen molar-refractivity contribution in [1.82, 2.24) is 4.90 Å². The van der Waals surface area contributed by atoms with E-state index in [2.05, 4.69) is 0 Å². The van der Waals surface area contributed by atoms with Gasteiger partial charge in [0.05, 0.1) is 18.1 Å². The molecule has 1 saturated heterocycles. The molecule has 1 fully saturated rings. The Morgan fingerprint density at radius 1 is 1.29 bits per heavy atom. The lowest BCUT2D eigenvalue weighted by Gasteiger charge is -2.32. The molecular weight excluding hydrogens is 353 g/mol. The first kappa shape index (κ1) is 18.9. The quantitative estimate of drug-likeness (QED) is 0.787. The van der Waals surface area contributed by atoms with E-state index in [4.69, 9.17) is 33.0 Å². The van der Waals surface area contributed by atoms with Crippen LogP contribution in [0.25, 0.3) is 0 Å². The molecule has 24 heavy (non-hydrogen) atoms. The van der Waals surface area contributed by atoms with Crippen LogP contribution in [0.2, 0.25) is 10.0 Å². The van der Waals surface area contributed by atoms with Crippen LogP contribution in [0.1, 0.15) is 32.1 Å². The van der Waals surface area contributed by atoms with Gasteiger partial charge in [-0.3, -0.25) is 9.59 Å². The Bertz CT molecular complexity index is 594. The van der Waals surface area contributed by atoms with Gasteiger partial charge in [-0.15, -0.1) is 0 Å². The predicted octanol–water partition coefficient (Wildman–Crippen LogP) is 3.87. The van der Waals surface area contributed by atoms with Crippen molar-refractivity contribution in [2.24, 2.45) is 5.92 Å². The maximum Gasteiger partial charge on any atom is 0.303 e. The van der Waals surface area contributed by atoms with Crippen LogP contribution in [0, 0.1) is 5.92 Å². The molecule has 1 unspecified atom stereocenters. The van der Waals surface area contributed by atoms with Crippen LogP contribution in [0.4, 0.5) is 0 Å². The summed E-state index contributed by atoms with van der Waals surface area (Å²) in [6.07, 6.45) is 2.94. The van der Waals surface area contributed by atoms with Gasteiger partial charge < -0.3 is 14.7 Å². The molecule has 1 N–H and O–H groups in total. The Morgan fingerprint density at radius 3 is 2.79 bits per heavy atom. The summed E-state index contributed by atoms with van der Waals surface area (Å²) in [6, 6.07) is 4.96. The second-order valence-electron chi connectivity index (χ2n) is 5.95. The van der Waals surface area contributed by atoms with E-state index in [1.807, 2.05) is 4.90 Å². The van der Waals surface area contributed by atoms with Crippen molar-refractivity contribution in [1.29, 1.82) is 0 Å². The third-order valence-corrected chi connectivity index (χ3v) is 4.64. The highest BCUT2D eigenvalue weighted by molar-refractivity contribution is 6.35. The number of carbonyl (C=O) groups is 2. The number of hydrogen-bond acceptors (Lipinski definition) is 3. The number of rotatable bonds is 7.